The number of benzene rings is 7. The summed E-state index contributed by atoms with van der Waals surface area (Å²) in [5.74, 6) is 0.147. The van der Waals surface area contributed by atoms with Gasteiger partial charge >= 0.3 is 6.18 Å². The Hall–Kier alpha value is -7.08. The first-order valence-electron chi connectivity index (χ1n) is 22.8. The van der Waals surface area contributed by atoms with Crippen molar-refractivity contribution in [3.8, 4) is 78.6 Å². The van der Waals surface area contributed by atoms with Crippen LogP contribution in [0.1, 0.15) is 58.2 Å². The second-order valence-electron chi connectivity index (χ2n) is 19.5. The minimum atomic E-state index is -4.51. The summed E-state index contributed by atoms with van der Waals surface area (Å²) >= 11 is 0. The maximum atomic E-state index is 14.3. The van der Waals surface area contributed by atoms with E-state index in [1.54, 1.807) is 24.4 Å². The van der Waals surface area contributed by atoms with Crippen molar-refractivity contribution >= 4 is 21.8 Å². The van der Waals surface area contributed by atoms with E-state index < -0.39 is 11.7 Å². The number of rotatable bonds is 7. The van der Waals surface area contributed by atoms with Crippen LogP contribution in [0.25, 0.3) is 94.6 Å². The van der Waals surface area contributed by atoms with Crippen molar-refractivity contribution in [2.45, 2.75) is 58.5 Å². The molecule has 3 heterocycles. The number of alkyl halides is 3. The fourth-order valence-electron chi connectivity index (χ4n) is 9.15. The number of aromatic nitrogens is 3. The first-order valence-corrected chi connectivity index (χ1v) is 22.8. The smallest absolute Gasteiger partial charge is 0.417 e. The van der Waals surface area contributed by atoms with Crippen LogP contribution in [0.4, 0.5) is 13.2 Å². The number of nitrogens with zero attached hydrogens (tertiary/aromatic N) is 3. The van der Waals surface area contributed by atoms with Crippen molar-refractivity contribution in [2.24, 2.45) is 0 Å². The number of fused-ring (bicyclic) bond motifs is 3. The molecule has 0 atom stereocenters. The molecule has 7 aromatic carbocycles. The van der Waals surface area contributed by atoms with Crippen LogP contribution >= 0.6 is 0 Å². The van der Waals surface area contributed by atoms with Crippen LogP contribution in [0.3, 0.4) is 0 Å². The molecule has 0 aliphatic carbocycles. The molecule has 0 aliphatic rings. The SMILES string of the molecule is CC(C)(C)c1cc(-c2cc(-c3[c-]c(-c4cc(-c5cccc6c7ccccc7n(-c7cccc(-c8ccccc8C(F)(F)F)c7)c56)ccn4)ccc3)nc(-c3ccccc3O)c2)cc(C(C)(C)C)c1.[Pt]. The molecule has 4 nitrogen and oxygen atoms in total. The Morgan fingerprint density at radius 2 is 1.06 bits per heavy atom. The van der Waals surface area contributed by atoms with Crippen molar-refractivity contribution in [2.75, 3.05) is 0 Å². The van der Waals surface area contributed by atoms with Crippen molar-refractivity contribution in [1.82, 2.24) is 14.5 Å². The maximum Gasteiger partial charge on any atom is 0.417 e. The second-order valence-corrected chi connectivity index (χ2v) is 19.5. The molecule has 0 fully saturated rings. The van der Waals surface area contributed by atoms with Gasteiger partial charge in [-0.05, 0) is 98.3 Å². The number of pyridine rings is 2. The zero-order valence-electron chi connectivity index (χ0n) is 39.1. The van der Waals surface area contributed by atoms with Crippen molar-refractivity contribution < 1.29 is 39.3 Å². The molecule has 10 rings (SSSR count). The van der Waals surface area contributed by atoms with Gasteiger partial charge in [0.2, 0.25) is 0 Å². The maximum absolute atomic E-state index is 14.3. The van der Waals surface area contributed by atoms with Crippen LogP contribution in [-0.4, -0.2) is 19.6 Å². The number of phenols is 1. The average molecular weight is 1090 g/mol. The van der Waals surface area contributed by atoms with Gasteiger partial charge in [-0.25, -0.2) is 0 Å². The molecule has 0 spiro atoms. The van der Waals surface area contributed by atoms with E-state index in [2.05, 4.69) is 107 Å². The third-order valence-electron chi connectivity index (χ3n) is 12.8. The minimum Gasteiger partial charge on any atom is -0.507 e. The number of halogens is 3. The minimum absolute atomic E-state index is 0. The molecular weight excluding hydrogens is 1040 g/mol. The second kappa shape index (κ2) is 18.1. The van der Waals surface area contributed by atoms with Gasteiger partial charge in [-0.15, -0.1) is 24.3 Å². The van der Waals surface area contributed by atoms with Crippen molar-refractivity contribution in [1.29, 1.82) is 0 Å². The van der Waals surface area contributed by atoms with E-state index in [4.69, 9.17) is 9.97 Å². The Bertz CT molecular complexity index is 3530. The van der Waals surface area contributed by atoms with Crippen LogP contribution in [0.15, 0.2) is 182 Å². The topological polar surface area (TPSA) is 50.9 Å². The molecule has 8 heteroatoms. The van der Waals surface area contributed by atoms with E-state index >= 15 is 0 Å². The van der Waals surface area contributed by atoms with Crippen molar-refractivity contribution in [3.63, 3.8) is 0 Å². The van der Waals surface area contributed by atoms with E-state index in [1.807, 2.05) is 84.9 Å². The normalized spacial score (nSPS) is 12.1. The fraction of sp³-hybridized carbons (Fsp3) is 0.148. The first kappa shape index (κ1) is 47.0. The molecule has 0 saturated carbocycles. The number of phenolic OH excluding ortho intramolecular Hbond substituents is 1. The summed E-state index contributed by atoms with van der Waals surface area (Å²) in [6, 6.07) is 59.3. The van der Waals surface area contributed by atoms with Gasteiger partial charge in [0.05, 0.1) is 22.3 Å². The predicted molar refractivity (Wildman–Crippen MR) is 272 cm³/mol. The zero-order chi connectivity index (χ0) is 47.5. The summed E-state index contributed by atoms with van der Waals surface area (Å²) in [5, 5.41) is 13.1. The van der Waals surface area contributed by atoms with Crippen LogP contribution in [-0.2, 0) is 38.1 Å². The molecular formula is C61H49F3N3OPt-. The first-order chi connectivity index (χ1) is 32.5. The number of aromatic hydroxyl groups is 1. The van der Waals surface area contributed by atoms with Gasteiger partial charge in [0.25, 0.3) is 0 Å². The fourth-order valence-corrected chi connectivity index (χ4v) is 9.15. The molecule has 0 aliphatic heterocycles. The molecule has 0 bridgehead atoms. The summed E-state index contributed by atoms with van der Waals surface area (Å²) in [5.41, 5.74) is 12.9. The molecule has 0 unspecified atom stereocenters. The van der Waals surface area contributed by atoms with Gasteiger partial charge in [0, 0.05) is 66.2 Å². The summed E-state index contributed by atoms with van der Waals surface area (Å²) < 4.78 is 45.0. The van der Waals surface area contributed by atoms with E-state index in [9.17, 15) is 18.3 Å². The molecule has 0 radical (unpaired) electrons. The van der Waals surface area contributed by atoms with Crippen molar-refractivity contribution in [3.05, 3.63) is 205 Å². The Kier molecular flexibility index (Phi) is 12.3. The van der Waals surface area contributed by atoms with Crippen LogP contribution in [0.2, 0.25) is 0 Å². The van der Waals surface area contributed by atoms with Gasteiger partial charge in [-0.2, -0.15) is 13.2 Å². The Balaban J connectivity index is 0.00000593. The van der Waals surface area contributed by atoms with E-state index in [0.29, 0.717) is 28.2 Å². The third kappa shape index (κ3) is 9.16. The zero-order valence-corrected chi connectivity index (χ0v) is 41.3. The third-order valence-corrected chi connectivity index (χ3v) is 12.8. The number of para-hydroxylation sites is 3. The monoisotopic (exact) mass is 1090 g/mol. The summed E-state index contributed by atoms with van der Waals surface area (Å²) in [6.45, 7) is 13.4. The molecule has 0 amide bonds. The molecule has 0 saturated heterocycles. The Morgan fingerprint density at radius 1 is 0.493 bits per heavy atom. The van der Waals surface area contributed by atoms with E-state index in [1.165, 1.54) is 23.3 Å². The van der Waals surface area contributed by atoms with Crippen LogP contribution in [0.5, 0.6) is 5.75 Å². The molecule has 69 heavy (non-hydrogen) atoms. The molecule has 1 N–H and O–H groups in total. The molecule has 10 aromatic rings. The van der Waals surface area contributed by atoms with Gasteiger partial charge in [-0.1, -0.05) is 162 Å². The average Bonchev–Trinajstić information content (AvgIpc) is 3.68. The van der Waals surface area contributed by atoms with Crippen LogP contribution < -0.4 is 0 Å². The van der Waals surface area contributed by atoms with Gasteiger partial charge in [0.15, 0.2) is 0 Å². The summed E-state index contributed by atoms with van der Waals surface area (Å²) in [6.07, 6.45) is -2.71. The van der Waals surface area contributed by atoms with E-state index in [-0.39, 0.29) is 43.2 Å². The van der Waals surface area contributed by atoms with Gasteiger partial charge in [-0.3, -0.25) is 9.97 Å². The number of hydrogen-bond donors (Lipinski definition) is 1. The standard InChI is InChI=1S/C61H49F3N3O.Pt/c1-59(2,3)44-31-42(32-45(37-44)60(4,5)6)43-35-54(66-55(36-43)51-22-9-12-27-57(51)68)41-18-13-17-40(30-41)53-34-39(28-29-65-53)48-23-15-24-50-49-21-8-11-26-56(49)67(58(48)50)46-19-14-16-38(33-46)47-20-7-10-25-52(47)61(62,63)64;/h7-29,31-37,68H,1-6H3;/q-1;. The predicted octanol–water partition coefficient (Wildman–Crippen LogP) is 16.7. The Labute approximate surface area is 415 Å². The summed E-state index contributed by atoms with van der Waals surface area (Å²) in [7, 11) is 0. The number of hydrogen-bond acceptors (Lipinski definition) is 3. The summed E-state index contributed by atoms with van der Waals surface area (Å²) in [4.78, 5) is 10.0. The van der Waals surface area contributed by atoms with Gasteiger partial charge < -0.3 is 9.67 Å². The van der Waals surface area contributed by atoms with Crippen LogP contribution in [0, 0.1) is 6.07 Å². The van der Waals surface area contributed by atoms with E-state index in [0.717, 1.165) is 66.9 Å². The molecule has 3 aromatic heterocycles. The Morgan fingerprint density at radius 3 is 1.78 bits per heavy atom. The molecule has 346 valence electrons. The quantitative estimate of drug-likeness (QED) is 0.162. The van der Waals surface area contributed by atoms with Gasteiger partial charge in [0.1, 0.15) is 5.75 Å². The largest absolute Gasteiger partial charge is 0.507 e.